The molecule has 1 fully saturated rings. The van der Waals surface area contributed by atoms with Crippen molar-refractivity contribution < 1.29 is 0 Å². The monoisotopic (exact) mass is 257 g/mol. The van der Waals surface area contributed by atoms with Gasteiger partial charge in [0.25, 0.3) is 0 Å². The first-order valence-corrected chi connectivity index (χ1v) is 6.76. The van der Waals surface area contributed by atoms with Gasteiger partial charge in [-0.1, -0.05) is 6.92 Å². The van der Waals surface area contributed by atoms with Crippen LogP contribution in [0.1, 0.15) is 38.2 Å². The molecule has 2 aromatic rings. The van der Waals surface area contributed by atoms with Gasteiger partial charge in [0.1, 0.15) is 0 Å². The van der Waals surface area contributed by atoms with Crippen LogP contribution in [0.3, 0.4) is 0 Å². The summed E-state index contributed by atoms with van der Waals surface area (Å²) in [5, 5.41) is 9.03. The summed E-state index contributed by atoms with van der Waals surface area (Å²) in [6.45, 7) is 2.22. The topological polar surface area (TPSA) is 44.5 Å². The summed E-state index contributed by atoms with van der Waals surface area (Å²) in [5.41, 5.74) is 2.96. The van der Waals surface area contributed by atoms with Crippen LogP contribution < -0.4 is 0 Å². The Kier molecular flexibility index (Phi) is 2.53. The van der Waals surface area contributed by atoms with Crippen LogP contribution in [-0.4, -0.2) is 9.55 Å². The van der Waals surface area contributed by atoms with Crippen LogP contribution in [0.25, 0.3) is 11.0 Å². The van der Waals surface area contributed by atoms with Gasteiger partial charge in [-0.05, 0) is 56.1 Å². The SMILES string of the molecule is CCC1(n2c(=S)[nH]c3ccc(C#N)cc32)CCC1. The molecule has 1 N–H and O–H groups in total. The summed E-state index contributed by atoms with van der Waals surface area (Å²) in [4.78, 5) is 3.25. The van der Waals surface area contributed by atoms with Crippen LogP contribution >= 0.6 is 12.2 Å². The highest BCUT2D eigenvalue weighted by Crippen LogP contribution is 2.43. The molecule has 4 heteroatoms. The van der Waals surface area contributed by atoms with Crippen molar-refractivity contribution in [3.05, 3.63) is 28.5 Å². The highest BCUT2D eigenvalue weighted by atomic mass is 32.1. The minimum atomic E-state index is 0.170. The highest BCUT2D eigenvalue weighted by Gasteiger charge is 2.38. The van der Waals surface area contributed by atoms with Crippen molar-refractivity contribution in [2.24, 2.45) is 0 Å². The molecule has 18 heavy (non-hydrogen) atoms. The van der Waals surface area contributed by atoms with E-state index in [-0.39, 0.29) is 5.54 Å². The Bertz CT molecular complexity index is 692. The van der Waals surface area contributed by atoms with E-state index >= 15 is 0 Å². The molecular formula is C14H15N3S. The zero-order valence-corrected chi connectivity index (χ0v) is 11.2. The zero-order valence-electron chi connectivity index (χ0n) is 10.4. The summed E-state index contributed by atoms with van der Waals surface area (Å²) in [5.74, 6) is 0. The van der Waals surface area contributed by atoms with E-state index in [4.69, 9.17) is 17.5 Å². The molecule has 1 aliphatic carbocycles. The smallest absolute Gasteiger partial charge is 0.178 e. The number of fused-ring (bicyclic) bond motifs is 1. The lowest BCUT2D eigenvalue weighted by Crippen LogP contribution is -2.39. The van der Waals surface area contributed by atoms with E-state index in [1.807, 2.05) is 18.2 Å². The summed E-state index contributed by atoms with van der Waals surface area (Å²) in [6, 6.07) is 7.92. The largest absolute Gasteiger partial charge is 0.331 e. The van der Waals surface area contributed by atoms with Gasteiger partial charge >= 0.3 is 0 Å². The number of aromatic nitrogens is 2. The molecule has 0 aliphatic heterocycles. The van der Waals surface area contributed by atoms with Crippen molar-refractivity contribution in [3.8, 4) is 6.07 Å². The molecule has 0 amide bonds. The molecule has 1 aromatic carbocycles. The van der Waals surface area contributed by atoms with Gasteiger partial charge in [-0.3, -0.25) is 0 Å². The maximum Gasteiger partial charge on any atom is 0.178 e. The van der Waals surface area contributed by atoms with Crippen molar-refractivity contribution in [2.75, 3.05) is 0 Å². The van der Waals surface area contributed by atoms with E-state index < -0.39 is 0 Å². The number of imidazole rings is 1. The Morgan fingerprint density at radius 3 is 2.83 bits per heavy atom. The van der Waals surface area contributed by atoms with E-state index in [0.717, 1.165) is 22.2 Å². The van der Waals surface area contributed by atoms with Crippen LogP contribution in [0.15, 0.2) is 18.2 Å². The Morgan fingerprint density at radius 1 is 1.50 bits per heavy atom. The number of H-pyrrole nitrogens is 1. The van der Waals surface area contributed by atoms with Gasteiger partial charge in [-0.15, -0.1) is 0 Å². The van der Waals surface area contributed by atoms with Crippen molar-refractivity contribution in [3.63, 3.8) is 0 Å². The number of hydrogen-bond acceptors (Lipinski definition) is 2. The average molecular weight is 257 g/mol. The Balaban J connectivity index is 2.31. The molecule has 0 saturated heterocycles. The predicted octanol–water partition coefficient (Wildman–Crippen LogP) is 3.86. The second-order valence-corrected chi connectivity index (χ2v) is 5.43. The first-order chi connectivity index (χ1) is 8.70. The molecule has 0 unspecified atom stereocenters. The second kappa shape index (κ2) is 3.96. The van der Waals surface area contributed by atoms with Gasteiger partial charge in [0.2, 0.25) is 0 Å². The maximum absolute atomic E-state index is 9.03. The fourth-order valence-corrected chi connectivity index (χ4v) is 3.37. The third-order valence-electron chi connectivity index (χ3n) is 4.23. The number of benzene rings is 1. The molecule has 3 rings (SSSR count). The summed E-state index contributed by atoms with van der Waals surface area (Å²) in [7, 11) is 0. The summed E-state index contributed by atoms with van der Waals surface area (Å²) < 4.78 is 3.02. The van der Waals surface area contributed by atoms with Gasteiger partial charge < -0.3 is 9.55 Å². The normalized spacial score (nSPS) is 17.3. The maximum atomic E-state index is 9.03. The third kappa shape index (κ3) is 1.44. The van der Waals surface area contributed by atoms with Gasteiger partial charge in [0.15, 0.2) is 4.77 Å². The van der Waals surface area contributed by atoms with Crippen LogP contribution in [0.4, 0.5) is 0 Å². The lowest BCUT2D eigenvalue weighted by atomic mass is 9.74. The molecule has 1 saturated carbocycles. The first kappa shape index (κ1) is 11.5. The van der Waals surface area contributed by atoms with Crippen LogP contribution in [0.5, 0.6) is 0 Å². The predicted molar refractivity (Wildman–Crippen MR) is 74.0 cm³/mol. The first-order valence-electron chi connectivity index (χ1n) is 6.35. The number of nitrogens with zero attached hydrogens (tertiary/aromatic N) is 2. The molecule has 1 heterocycles. The van der Waals surface area contributed by atoms with Crippen molar-refractivity contribution in [1.29, 1.82) is 5.26 Å². The van der Waals surface area contributed by atoms with Crippen LogP contribution in [0, 0.1) is 16.1 Å². The summed E-state index contributed by atoms with van der Waals surface area (Å²) >= 11 is 5.47. The second-order valence-electron chi connectivity index (χ2n) is 5.04. The fraction of sp³-hybridized carbons (Fsp3) is 0.429. The summed E-state index contributed by atoms with van der Waals surface area (Å²) in [6.07, 6.45) is 4.72. The molecule has 0 atom stereocenters. The molecule has 3 nitrogen and oxygen atoms in total. The minimum absolute atomic E-state index is 0.170. The van der Waals surface area contributed by atoms with Crippen LogP contribution in [-0.2, 0) is 5.54 Å². The average Bonchev–Trinajstić information content (AvgIpc) is 2.65. The third-order valence-corrected chi connectivity index (χ3v) is 4.51. The molecule has 92 valence electrons. The van der Waals surface area contributed by atoms with Crippen molar-refractivity contribution in [2.45, 2.75) is 38.1 Å². The lowest BCUT2D eigenvalue weighted by molar-refractivity contribution is 0.140. The number of rotatable bonds is 2. The molecule has 1 aromatic heterocycles. The number of hydrogen-bond donors (Lipinski definition) is 1. The van der Waals surface area contributed by atoms with Gasteiger partial charge in [-0.25, -0.2) is 0 Å². The van der Waals surface area contributed by atoms with Gasteiger partial charge in [0.05, 0.1) is 22.7 Å². The highest BCUT2D eigenvalue weighted by molar-refractivity contribution is 7.71. The quantitative estimate of drug-likeness (QED) is 0.830. The van der Waals surface area contributed by atoms with E-state index in [2.05, 4.69) is 22.5 Å². The molecular weight excluding hydrogens is 242 g/mol. The van der Waals surface area contributed by atoms with E-state index in [1.165, 1.54) is 19.3 Å². The van der Waals surface area contributed by atoms with E-state index in [0.29, 0.717) is 5.56 Å². The molecule has 0 radical (unpaired) electrons. The standard InChI is InChI=1S/C14H15N3S/c1-2-14(6-3-7-14)17-12-8-10(9-15)4-5-11(12)16-13(17)18/h4-5,8H,2-3,6-7H2,1H3,(H,16,18). The zero-order chi connectivity index (χ0) is 12.8. The number of aromatic amines is 1. The Labute approximate surface area is 111 Å². The van der Waals surface area contributed by atoms with Gasteiger partial charge in [-0.2, -0.15) is 5.26 Å². The Morgan fingerprint density at radius 2 is 2.28 bits per heavy atom. The molecule has 0 bridgehead atoms. The van der Waals surface area contributed by atoms with Crippen molar-refractivity contribution in [1.82, 2.24) is 9.55 Å². The molecule has 0 spiro atoms. The minimum Gasteiger partial charge on any atom is -0.331 e. The lowest BCUT2D eigenvalue weighted by Gasteiger charge is -2.43. The van der Waals surface area contributed by atoms with E-state index in [1.54, 1.807) is 0 Å². The molecule has 1 aliphatic rings. The fourth-order valence-electron chi connectivity index (χ4n) is 2.96. The number of nitriles is 1. The number of nitrogens with one attached hydrogen (secondary N) is 1. The van der Waals surface area contributed by atoms with Gasteiger partial charge in [0, 0.05) is 5.54 Å². The van der Waals surface area contributed by atoms with E-state index in [9.17, 15) is 0 Å². The van der Waals surface area contributed by atoms with Crippen molar-refractivity contribution >= 4 is 23.3 Å². The Hall–Kier alpha value is -1.60. The van der Waals surface area contributed by atoms with Crippen LogP contribution in [0.2, 0.25) is 0 Å².